The maximum Gasteiger partial charge on any atom is 0.263 e. The predicted octanol–water partition coefficient (Wildman–Crippen LogP) is 0.240. The number of benzene rings is 1. The minimum Gasteiger partial charge on any atom is -0.539 e. The Morgan fingerprint density at radius 1 is 1.31 bits per heavy atom. The standard InChI is InChI=1S/C9H8N2O2/c1-11-8(9(12)13-10-11)7-5-3-2-4-6-7/h2-6H,1H3. The summed E-state index contributed by atoms with van der Waals surface area (Å²) in [6, 6.07) is 9.30. The van der Waals surface area contributed by atoms with Crippen LogP contribution in [0, 0.1) is 0 Å². The number of hydrogen-bond donors (Lipinski definition) is 0. The highest BCUT2D eigenvalue weighted by Gasteiger charge is 2.14. The molecule has 0 amide bonds. The Morgan fingerprint density at radius 2 is 2.00 bits per heavy atom. The fourth-order valence-electron chi connectivity index (χ4n) is 1.22. The van der Waals surface area contributed by atoms with Gasteiger partial charge in [0, 0.05) is 0 Å². The van der Waals surface area contributed by atoms with Crippen LogP contribution in [-0.2, 0) is 7.05 Å². The van der Waals surface area contributed by atoms with Crippen LogP contribution in [0.1, 0.15) is 0 Å². The van der Waals surface area contributed by atoms with Crippen LogP contribution >= 0.6 is 0 Å². The third-order valence-corrected chi connectivity index (χ3v) is 1.81. The van der Waals surface area contributed by atoms with Gasteiger partial charge in [0.1, 0.15) is 0 Å². The van der Waals surface area contributed by atoms with E-state index in [2.05, 4.69) is 9.79 Å². The molecule has 4 nitrogen and oxygen atoms in total. The van der Waals surface area contributed by atoms with Crippen molar-refractivity contribution in [3.63, 3.8) is 0 Å². The summed E-state index contributed by atoms with van der Waals surface area (Å²) in [6.07, 6.45) is 0. The van der Waals surface area contributed by atoms with Crippen molar-refractivity contribution in [2.24, 2.45) is 7.05 Å². The highest BCUT2D eigenvalue weighted by molar-refractivity contribution is 5.58. The molecule has 2 aromatic rings. The van der Waals surface area contributed by atoms with Gasteiger partial charge in [-0.25, -0.2) is 0 Å². The van der Waals surface area contributed by atoms with Crippen LogP contribution in [-0.4, -0.2) is 5.27 Å². The molecule has 0 saturated carbocycles. The molecule has 0 radical (unpaired) electrons. The van der Waals surface area contributed by atoms with Crippen LogP contribution in [0.2, 0.25) is 0 Å². The van der Waals surface area contributed by atoms with Gasteiger partial charge in [-0.15, -0.1) is 0 Å². The van der Waals surface area contributed by atoms with E-state index in [1.54, 1.807) is 7.05 Å². The van der Waals surface area contributed by atoms with Crippen molar-refractivity contribution in [2.45, 2.75) is 0 Å². The van der Waals surface area contributed by atoms with Crippen LogP contribution in [0.15, 0.2) is 34.9 Å². The van der Waals surface area contributed by atoms with Crippen LogP contribution in [0.3, 0.4) is 0 Å². The van der Waals surface area contributed by atoms with Crippen LogP contribution in [0.25, 0.3) is 11.3 Å². The Morgan fingerprint density at radius 3 is 2.54 bits per heavy atom. The molecule has 13 heavy (non-hydrogen) atoms. The van der Waals surface area contributed by atoms with E-state index in [0.29, 0.717) is 5.69 Å². The lowest BCUT2D eigenvalue weighted by molar-refractivity contribution is -0.730. The zero-order valence-corrected chi connectivity index (χ0v) is 7.10. The maximum atomic E-state index is 11.2. The highest BCUT2D eigenvalue weighted by Crippen LogP contribution is 2.21. The maximum absolute atomic E-state index is 11.2. The smallest absolute Gasteiger partial charge is 0.263 e. The van der Waals surface area contributed by atoms with Crippen molar-refractivity contribution in [3.8, 4) is 17.2 Å². The average molecular weight is 176 g/mol. The molecule has 1 aromatic carbocycles. The van der Waals surface area contributed by atoms with Gasteiger partial charge in [0.05, 0.1) is 10.8 Å². The SMILES string of the molecule is C[n+]1noc([O-])c1-c1ccccc1. The van der Waals surface area contributed by atoms with Gasteiger partial charge in [0.2, 0.25) is 0 Å². The molecule has 0 aliphatic rings. The van der Waals surface area contributed by atoms with Crippen molar-refractivity contribution < 1.29 is 14.3 Å². The van der Waals surface area contributed by atoms with Crippen molar-refractivity contribution in [2.75, 3.05) is 0 Å². The lowest BCUT2D eigenvalue weighted by atomic mass is 10.2. The number of nitrogens with zero attached hydrogens (tertiary/aromatic N) is 2. The molecule has 0 saturated heterocycles. The van der Waals surface area contributed by atoms with Crippen molar-refractivity contribution in [1.82, 2.24) is 5.27 Å². The second kappa shape index (κ2) is 2.90. The normalized spacial score (nSPS) is 10.2. The number of aromatic nitrogens is 2. The van der Waals surface area contributed by atoms with Gasteiger partial charge in [0.25, 0.3) is 5.69 Å². The second-order valence-corrected chi connectivity index (χ2v) is 2.70. The Bertz CT molecular complexity index is 389. The molecular formula is C9H8N2O2. The minimum absolute atomic E-state index is 0.409. The van der Waals surface area contributed by atoms with Gasteiger partial charge in [-0.1, -0.05) is 22.9 Å². The largest absolute Gasteiger partial charge is 0.539 e. The van der Waals surface area contributed by atoms with Gasteiger partial charge in [-0.3, -0.25) is 0 Å². The first-order valence-corrected chi connectivity index (χ1v) is 3.87. The van der Waals surface area contributed by atoms with E-state index >= 15 is 0 Å². The summed E-state index contributed by atoms with van der Waals surface area (Å²) >= 11 is 0. The van der Waals surface area contributed by atoms with Gasteiger partial charge >= 0.3 is 0 Å². The fourth-order valence-corrected chi connectivity index (χ4v) is 1.22. The Hall–Kier alpha value is -1.84. The molecule has 1 heterocycles. The molecule has 0 unspecified atom stereocenters. The zero-order chi connectivity index (χ0) is 9.26. The molecule has 0 atom stereocenters. The molecule has 1 aromatic heterocycles. The number of rotatable bonds is 1. The van der Waals surface area contributed by atoms with Crippen molar-refractivity contribution >= 4 is 0 Å². The molecule has 66 valence electrons. The monoisotopic (exact) mass is 176 g/mol. The van der Waals surface area contributed by atoms with Crippen LogP contribution in [0.5, 0.6) is 5.95 Å². The summed E-state index contributed by atoms with van der Waals surface area (Å²) in [5.41, 5.74) is 1.29. The summed E-state index contributed by atoms with van der Waals surface area (Å²) in [5.74, 6) is -0.409. The molecule has 0 spiro atoms. The highest BCUT2D eigenvalue weighted by atomic mass is 16.6. The summed E-state index contributed by atoms with van der Waals surface area (Å²) < 4.78 is 5.94. The van der Waals surface area contributed by atoms with Gasteiger partial charge in [-0.05, 0) is 12.1 Å². The molecule has 2 rings (SSSR count). The molecule has 0 N–H and O–H groups in total. The quantitative estimate of drug-likeness (QED) is 0.585. The first-order chi connectivity index (χ1) is 6.29. The summed E-state index contributed by atoms with van der Waals surface area (Å²) in [6.45, 7) is 0. The number of aryl methyl sites for hydroxylation is 1. The van der Waals surface area contributed by atoms with Crippen molar-refractivity contribution in [3.05, 3.63) is 30.3 Å². The minimum atomic E-state index is -0.409. The van der Waals surface area contributed by atoms with Crippen LogP contribution in [0.4, 0.5) is 0 Å². The topological polar surface area (TPSA) is 53.0 Å². The number of hydrogen-bond acceptors (Lipinski definition) is 3. The van der Waals surface area contributed by atoms with E-state index in [-0.39, 0.29) is 0 Å². The van der Waals surface area contributed by atoms with Gasteiger partial charge in [-0.2, -0.15) is 0 Å². The molecule has 0 aliphatic carbocycles. The van der Waals surface area contributed by atoms with E-state index < -0.39 is 5.95 Å². The Labute approximate surface area is 75.0 Å². The van der Waals surface area contributed by atoms with E-state index in [1.165, 1.54) is 4.68 Å². The summed E-state index contributed by atoms with van der Waals surface area (Å²) in [4.78, 5) is 0. The Balaban J connectivity index is 2.59. The van der Waals surface area contributed by atoms with E-state index in [1.807, 2.05) is 30.3 Å². The van der Waals surface area contributed by atoms with Crippen LogP contribution < -0.4 is 9.79 Å². The van der Waals surface area contributed by atoms with Gasteiger partial charge < -0.3 is 9.63 Å². The second-order valence-electron chi connectivity index (χ2n) is 2.70. The predicted molar refractivity (Wildman–Crippen MR) is 42.6 cm³/mol. The molecule has 4 heteroatoms. The zero-order valence-electron chi connectivity index (χ0n) is 7.10. The lowest BCUT2D eigenvalue weighted by Crippen LogP contribution is -2.31. The van der Waals surface area contributed by atoms with E-state index in [0.717, 1.165) is 5.56 Å². The molecular weight excluding hydrogens is 168 g/mol. The third-order valence-electron chi connectivity index (χ3n) is 1.81. The molecule has 0 aliphatic heterocycles. The average Bonchev–Trinajstić information content (AvgIpc) is 2.48. The van der Waals surface area contributed by atoms with Gasteiger partial charge in [0.15, 0.2) is 13.0 Å². The summed E-state index contributed by atoms with van der Waals surface area (Å²) in [5, 5.41) is 14.7. The summed E-state index contributed by atoms with van der Waals surface area (Å²) in [7, 11) is 1.67. The first kappa shape index (κ1) is 7.79. The van der Waals surface area contributed by atoms with Crippen molar-refractivity contribution in [1.29, 1.82) is 0 Å². The molecule has 0 fully saturated rings. The van der Waals surface area contributed by atoms with E-state index in [9.17, 15) is 5.11 Å². The van der Waals surface area contributed by atoms with E-state index in [4.69, 9.17) is 0 Å². The Kier molecular flexibility index (Phi) is 1.73. The lowest BCUT2D eigenvalue weighted by Gasteiger charge is -1.94. The fraction of sp³-hybridized carbons (Fsp3) is 0.111. The first-order valence-electron chi connectivity index (χ1n) is 3.87. The molecule has 0 bridgehead atoms. The third kappa shape index (κ3) is 1.26.